The highest BCUT2D eigenvalue weighted by Gasteiger charge is 2.15. The molecular formula is C8H12N2O3S. The van der Waals surface area contributed by atoms with Gasteiger partial charge in [0.25, 0.3) is 0 Å². The van der Waals surface area contributed by atoms with Crippen molar-refractivity contribution in [2.24, 2.45) is 0 Å². The Kier molecular flexibility index (Phi) is 2.97. The third kappa shape index (κ3) is 2.61. The van der Waals surface area contributed by atoms with Crippen LogP contribution in [0.5, 0.6) is 5.75 Å². The van der Waals surface area contributed by atoms with Crippen LogP contribution in [-0.4, -0.2) is 26.8 Å². The summed E-state index contributed by atoms with van der Waals surface area (Å²) >= 11 is 0. The van der Waals surface area contributed by atoms with Gasteiger partial charge in [-0.05, 0) is 24.3 Å². The van der Waals surface area contributed by atoms with Gasteiger partial charge in [0.15, 0.2) is 0 Å². The standard InChI is InChI=1S/C8H12N2O3S/c1-10(2)14(11,12)13-8-5-3-7(9)4-6-8/h3-6H,9H2,1-2H3. The molecule has 1 rings (SSSR count). The first-order valence-electron chi connectivity index (χ1n) is 3.89. The molecule has 0 heterocycles. The normalized spacial score (nSPS) is 11.6. The van der Waals surface area contributed by atoms with Crippen molar-refractivity contribution in [1.82, 2.24) is 4.31 Å². The van der Waals surface area contributed by atoms with Gasteiger partial charge in [-0.3, -0.25) is 0 Å². The summed E-state index contributed by atoms with van der Waals surface area (Å²) in [6.07, 6.45) is 0. The third-order valence-corrected chi connectivity index (χ3v) is 2.83. The van der Waals surface area contributed by atoms with E-state index in [2.05, 4.69) is 0 Å². The van der Waals surface area contributed by atoms with E-state index in [1.807, 2.05) is 0 Å². The molecule has 2 N–H and O–H groups in total. The zero-order chi connectivity index (χ0) is 10.8. The van der Waals surface area contributed by atoms with Crippen molar-refractivity contribution in [3.63, 3.8) is 0 Å². The summed E-state index contributed by atoms with van der Waals surface area (Å²) in [5.41, 5.74) is 5.99. The molecule has 1 aromatic rings. The Bertz CT molecular complexity index is 397. The van der Waals surface area contributed by atoms with Crippen LogP contribution in [0.25, 0.3) is 0 Å². The number of benzene rings is 1. The first kappa shape index (κ1) is 10.8. The zero-order valence-electron chi connectivity index (χ0n) is 7.97. The highest BCUT2D eigenvalue weighted by atomic mass is 32.2. The fraction of sp³-hybridized carbons (Fsp3) is 0.250. The SMILES string of the molecule is CN(C)S(=O)(=O)Oc1ccc(N)cc1. The summed E-state index contributed by atoms with van der Waals surface area (Å²) in [5.74, 6) is 0.243. The van der Waals surface area contributed by atoms with Crippen molar-refractivity contribution in [1.29, 1.82) is 0 Å². The van der Waals surface area contributed by atoms with E-state index in [0.29, 0.717) is 5.69 Å². The fourth-order valence-corrected chi connectivity index (χ4v) is 1.22. The van der Waals surface area contributed by atoms with Crippen LogP contribution in [0.3, 0.4) is 0 Å². The molecule has 0 bridgehead atoms. The Morgan fingerprint density at radius 1 is 1.21 bits per heavy atom. The molecule has 0 aliphatic carbocycles. The molecule has 78 valence electrons. The van der Waals surface area contributed by atoms with Crippen LogP contribution in [0.4, 0.5) is 5.69 Å². The summed E-state index contributed by atoms with van der Waals surface area (Å²) in [7, 11) is -0.881. The first-order chi connectivity index (χ1) is 6.42. The molecule has 0 aliphatic heterocycles. The molecule has 0 radical (unpaired) electrons. The van der Waals surface area contributed by atoms with Gasteiger partial charge in [0.05, 0.1) is 0 Å². The molecular weight excluding hydrogens is 204 g/mol. The van der Waals surface area contributed by atoms with Crippen molar-refractivity contribution in [3.05, 3.63) is 24.3 Å². The number of rotatable bonds is 3. The molecule has 0 fully saturated rings. The Hall–Kier alpha value is -1.27. The number of nitrogens with zero attached hydrogens (tertiary/aromatic N) is 1. The Labute approximate surface area is 83.3 Å². The van der Waals surface area contributed by atoms with Crippen molar-refractivity contribution >= 4 is 16.0 Å². The second-order valence-electron chi connectivity index (χ2n) is 2.89. The molecule has 14 heavy (non-hydrogen) atoms. The van der Waals surface area contributed by atoms with E-state index < -0.39 is 10.3 Å². The minimum atomic E-state index is -3.67. The lowest BCUT2D eigenvalue weighted by atomic mass is 10.3. The van der Waals surface area contributed by atoms with Crippen molar-refractivity contribution in [2.75, 3.05) is 19.8 Å². The molecule has 1 aromatic carbocycles. The van der Waals surface area contributed by atoms with Gasteiger partial charge in [0, 0.05) is 19.8 Å². The van der Waals surface area contributed by atoms with Crippen molar-refractivity contribution < 1.29 is 12.6 Å². The topological polar surface area (TPSA) is 72.6 Å². The van der Waals surface area contributed by atoms with Gasteiger partial charge in [-0.2, -0.15) is 12.7 Å². The van der Waals surface area contributed by atoms with E-state index >= 15 is 0 Å². The minimum Gasteiger partial charge on any atom is -0.399 e. The number of hydrogen-bond donors (Lipinski definition) is 1. The largest absolute Gasteiger partial charge is 0.399 e. The third-order valence-electron chi connectivity index (χ3n) is 1.53. The molecule has 0 aliphatic rings. The van der Waals surface area contributed by atoms with Crippen LogP contribution < -0.4 is 9.92 Å². The van der Waals surface area contributed by atoms with Crippen LogP contribution in [-0.2, 0) is 10.3 Å². The molecule has 0 saturated heterocycles. The summed E-state index contributed by atoms with van der Waals surface area (Å²) in [6.45, 7) is 0. The maximum Gasteiger partial charge on any atom is 0.384 e. The monoisotopic (exact) mass is 216 g/mol. The van der Waals surface area contributed by atoms with E-state index in [4.69, 9.17) is 9.92 Å². The average Bonchev–Trinajstić information content (AvgIpc) is 2.08. The van der Waals surface area contributed by atoms with Gasteiger partial charge >= 0.3 is 10.3 Å². The first-order valence-corrected chi connectivity index (χ1v) is 5.26. The molecule has 5 nitrogen and oxygen atoms in total. The summed E-state index contributed by atoms with van der Waals surface area (Å²) < 4.78 is 28.3. The predicted octanol–water partition coefficient (Wildman–Crippen LogP) is 0.454. The maximum absolute atomic E-state index is 11.3. The summed E-state index contributed by atoms with van der Waals surface area (Å²) in [5, 5.41) is 0. The van der Waals surface area contributed by atoms with Gasteiger partial charge in [0.1, 0.15) is 5.75 Å². The van der Waals surface area contributed by atoms with Crippen molar-refractivity contribution in [2.45, 2.75) is 0 Å². The Balaban J connectivity index is 2.85. The van der Waals surface area contributed by atoms with Gasteiger partial charge < -0.3 is 9.92 Å². The molecule has 6 heteroatoms. The van der Waals surface area contributed by atoms with E-state index in [1.165, 1.54) is 26.2 Å². The van der Waals surface area contributed by atoms with Crippen LogP contribution >= 0.6 is 0 Å². The molecule has 0 spiro atoms. The van der Waals surface area contributed by atoms with E-state index in [9.17, 15) is 8.42 Å². The zero-order valence-corrected chi connectivity index (χ0v) is 8.78. The van der Waals surface area contributed by atoms with Gasteiger partial charge in [-0.1, -0.05) is 0 Å². The van der Waals surface area contributed by atoms with Crippen LogP contribution in [0.2, 0.25) is 0 Å². The fourth-order valence-electron chi connectivity index (χ4n) is 0.720. The van der Waals surface area contributed by atoms with E-state index in [0.717, 1.165) is 4.31 Å². The number of hydrogen-bond acceptors (Lipinski definition) is 4. The lowest BCUT2D eigenvalue weighted by Gasteiger charge is -2.11. The smallest absolute Gasteiger partial charge is 0.384 e. The average molecular weight is 216 g/mol. The summed E-state index contributed by atoms with van der Waals surface area (Å²) in [6, 6.07) is 6.13. The van der Waals surface area contributed by atoms with Gasteiger partial charge in [0.2, 0.25) is 0 Å². The second kappa shape index (κ2) is 3.85. The number of nitrogens with two attached hydrogens (primary N) is 1. The van der Waals surface area contributed by atoms with Crippen LogP contribution in [0, 0.1) is 0 Å². The van der Waals surface area contributed by atoms with E-state index in [1.54, 1.807) is 12.1 Å². The second-order valence-corrected chi connectivity index (χ2v) is 4.64. The van der Waals surface area contributed by atoms with Crippen LogP contribution in [0.15, 0.2) is 24.3 Å². The highest BCUT2D eigenvalue weighted by molar-refractivity contribution is 7.84. The van der Waals surface area contributed by atoms with E-state index in [-0.39, 0.29) is 5.75 Å². The minimum absolute atomic E-state index is 0.243. The Morgan fingerprint density at radius 2 is 1.71 bits per heavy atom. The molecule has 0 amide bonds. The van der Waals surface area contributed by atoms with Crippen LogP contribution in [0.1, 0.15) is 0 Å². The molecule has 0 aromatic heterocycles. The number of anilines is 1. The van der Waals surface area contributed by atoms with Gasteiger partial charge in [-0.25, -0.2) is 0 Å². The highest BCUT2D eigenvalue weighted by Crippen LogP contribution is 2.15. The summed E-state index contributed by atoms with van der Waals surface area (Å²) in [4.78, 5) is 0. The number of nitrogen functional groups attached to an aromatic ring is 1. The van der Waals surface area contributed by atoms with Crippen molar-refractivity contribution in [3.8, 4) is 5.75 Å². The maximum atomic E-state index is 11.3. The predicted molar refractivity (Wildman–Crippen MR) is 54.1 cm³/mol. The quantitative estimate of drug-likeness (QED) is 0.745. The molecule has 0 saturated carbocycles. The van der Waals surface area contributed by atoms with Gasteiger partial charge in [-0.15, -0.1) is 0 Å². The Morgan fingerprint density at radius 3 is 2.14 bits per heavy atom. The molecule has 0 atom stereocenters. The lowest BCUT2D eigenvalue weighted by molar-refractivity contribution is 0.421. The molecule has 0 unspecified atom stereocenters. The lowest BCUT2D eigenvalue weighted by Crippen LogP contribution is -2.26.